The lowest BCUT2D eigenvalue weighted by atomic mass is 9.87. The predicted octanol–water partition coefficient (Wildman–Crippen LogP) is 3.04. The van der Waals surface area contributed by atoms with Crippen molar-refractivity contribution in [2.45, 2.75) is 39.7 Å². The number of halogens is 1. The average Bonchev–Trinajstić information content (AvgIpc) is 2.48. The highest BCUT2D eigenvalue weighted by atomic mass is 35.5. The lowest BCUT2D eigenvalue weighted by Crippen LogP contribution is -2.52. The molecule has 124 valence electrons. The molecule has 1 heterocycles. The zero-order chi connectivity index (χ0) is 15.2. The van der Waals surface area contributed by atoms with Crippen LogP contribution in [0, 0.1) is 17.8 Å². The fourth-order valence-corrected chi connectivity index (χ4v) is 2.97. The Morgan fingerprint density at radius 1 is 1.32 bits per heavy atom. The first-order valence-corrected chi connectivity index (χ1v) is 8.13. The van der Waals surface area contributed by atoms with Crippen LogP contribution in [0.25, 0.3) is 0 Å². The second-order valence-electron chi connectivity index (χ2n) is 6.63. The molecule has 0 aromatic heterocycles. The summed E-state index contributed by atoms with van der Waals surface area (Å²) in [6.07, 6.45) is 1.95. The topological polar surface area (TPSA) is 41.1 Å². The van der Waals surface area contributed by atoms with Gasteiger partial charge in [0.05, 0.1) is 0 Å². The summed E-state index contributed by atoms with van der Waals surface area (Å²) in [7, 11) is 0. The Kier molecular flexibility index (Phi) is 7.91. The molecule has 0 aliphatic carbocycles. The van der Waals surface area contributed by atoms with Crippen LogP contribution >= 0.6 is 12.4 Å². The van der Waals surface area contributed by atoms with Gasteiger partial charge in [0.15, 0.2) is 0 Å². The first-order valence-electron chi connectivity index (χ1n) is 8.13. The Morgan fingerprint density at radius 2 is 2.00 bits per heavy atom. The van der Waals surface area contributed by atoms with Crippen LogP contribution in [0.2, 0.25) is 0 Å². The van der Waals surface area contributed by atoms with E-state index in [0.717, 1.165) is 25.9 Å². The molecular weight excluding hydrogens is 296 g/mol. The molecule has 1 aliphatic rings. The van der Waals surface area contributed by atoms with Crippen molar-refractivity contribution >= 4 is 18.3 Å². The standard InChI is InChI=1S/C18H28N2O.ClH/c1-13(2)16(11-15-7-5-4-6-8-15)18(21)20-17-12-19-10-9-14(17)3;/h4-8,13-14,16-17,19H,9-12H2,1-3H3,(H,20,21);1H. The van der Waals surface area contributed by atoms with E-state index in [4.69, 9.17) is 0 Å². The minimum Gasteiger partial charge on any atom is -0.352 e. The quantitative estimate of drug-likeness (QED) is 0.874. The summed E-state index contributed by atoms with van der Waals surface area (Å²) < 4.78 is 0. The Morgan fingerprint density at radius 3 is 2.59 bits per heavy atom. The van der Waals surface area contributed by atoms with E-state index in [1.165, 1.54) is 5.56 Å². The molecule has 2 N–H and O–H groups in total. The van der Waals surface area contributed by atoms with Crippen molar-refractivity contribution in [3.63, 3.8) is 0 Å². The molecule has 0 saturated carbocycles. The number of piperidine rings is 1. The second-order valence-corrected chi connectivity index (χ2v) is 6.63. The molecule has 2 rings (SSSR count). The van der Waals surface area contributed by atoms with Gasteiger partial charge in [-0.15, -0.1) is 12.4 Å². The Hall–Kier alpha value is -1.06. The van der Waals surface area contributed by atoms with Crippen LogP contribution in [-0.4, -0.2) is 25.0 Å². The van der Waals surface area contributed by atoms with Gasteiger partial charge in [-0.05, 0) is 36.8 Å². The highest BCUT2D eigenvalue weighted by molar-refractivity contribution is 5.85. The summed E-state index contributed by atoms with van der Waals surface area (Å²) in [6, 6.07) is 10.6. The first-order chi connectivity index (χ1) is 10.1. The molecule has 3 nitrogen and oxygen atoms in total. The highest BCUT2D eigenvalue weighted by Crippen LogP contribution is 2.19. The van der Waals surface area contributed by atoms with E-state index in [1.807, 2.05) is 18.2 Å². The highest BCUT2D eigenvalue weighted by Gasteiger charge is 2.28. The van der Waals surface area contributed by atoms with Gasteiger partial charge >= 0.3 is 0 Å². The SMILES string of the molecule is CC(C)C(Cc1ccccc1)C(=O)NC1CNCCC1C.Cl. The minimum absolute atomic E-state index is 0. The average molecular weight is 325 g/mol. The molecule has 0 spiro atoms. The van der Waals surface area contributed by atoms with Crippen LogP contribution in [0.3, 0.4) is 0 Å². The van der Waals surface area contributed by atoms with Crippen LogP contribution in [-0.2, 0) is 11.2 Å². The van der Waals surface area contributed by atoms with Crippen molar-refractivity contribution in [3.8, 4) is 0 Å². The number of hydrogen-bond donors (Lipinski definition) is 2. The summed E-state index contributed by atoms with van der Waals surface area (Å²) in [5, 5.41) is 6.64. The molecule has 1 aromatic rings. The van der Waals surface area contributed by atoms with Crippen molar-refractivity contribution in [2.75, 3.05) is 13.1 Å². The maximum Gasteiger partial charge on any atom is 0.223 e. The van der Waals surface area contributed by atoms with Gasteiger partial charge in [-0.25, -0.2) is 0 Å². The molecular formula is C18H29ClN2O. The number of carbonyl (C=O) groups excluding carboxylic acids is 1. The van der Waals surface area contributed by atoms with E-state index in [1.54, 1.807) is 0 Å². The van der Waals surface area contributed by atoms with Gasteiger partial charge in [-0.2, -0.15) is 0 Å². The zero-order valence-electron chi connectivity index (χ0n) is 13.8. The second kappa shape index (κ2) is 9.16. The van der Waals surface area contributed by atoms with Gasteiger partial charge in [0.25, 0.3) is 0 Å². The van der Waals surface area contributed by atoms with Crippen molar-refractivity contribution in [3.05, 3.63) is 35.9 Å². The summed E-state index contributed by atoms with van der Waals surface area (Å²) in [6.45, 7) is 8.45. The first kappa shape index (κ1) is 19.0. The fourth-order valence-electron chi connectivity index (χ4n) is 2.97. The van der Waals surface area contributed by atoms with Gasteiger partial charge in [-0.3, -0.25) is 4.79 Å². The fraction of sp³-hybridized carbons (Fsp3) is 0.611. The van der Waals surface area contributed by atoms with E-state index in [9.17, 15) is 4.79 Å². The molecule has 22 heavy (non-hydrogen) atoms. The predicted molar refractivity (Wildman–Crippen MR) is 94.3 cm³/mol. The largest absolute Gasteiger partial charge is 0.352 e. The van der Waals surface area contributed by atoms with E-state index >= 15 is 0 Å². The van der Waals surface area contributed by atoms with Crippen molar-refractivity contribution in [1.29, 1.82) is 0 Å². The normalized spacial score (nSPS) is 22.7. The lowest BCUT2D eigenvalue weighted by Gasteiger charge is -2.32. The number of benzene rings is 1. The van der Waals surface area contributed by atoms with Crippen molar-refractivity contribution in [1.82, 2.24) is 10.6 Å². The Balaban J connectivity index is 0.00000242. The van der Waals surface area contributed by atoms with Gasteiger partial charge in [0.1, 0.15) is 0 Å². The summed E-state index contributed by atoms with van der Waals surface area (Å²) in [5.41, 5.74) is 1.24. The number of rotatable bonds is 5. The van der Waals surface area contributed by atoms with E-state index in [-0.39, 0.29) is 30.3 Å². The van der Waals surface area contributed by atoms with E-state index < -0.39 is 0 Å². The third kappa shape index (κ3) is 5.29. The number of hydrogen-bond acceptors (Lipinski definition) is 2. The van der Waals surface area contributed by atoms with Crippen LogP contribution < -0.4 is 10.6 Å². The molecule has 1 amide bonds. The monoisotopic (exact) mass is 324 g/mol. The molecule has 3 atom stereocenters. The summed E-state index contributed by atoms with van der Waals surface area (Å²) in [4.78, 5) is 12.7. The lowest BCUT2D eigenvalue weighted by molar-refractivity contribution is -0.127. The summed E-state index contributed by atoms with van der Waals surface area (Å²) in [5.74, 6) is 1.15. The molecule has 0 bridgehead atoms. The smallest absolute Gasteiger partial charge is 0.223 e. The molecule has 3 unspecified atom stereocenters. The molecule has 0 radical (unpaired) electrons. The van der Waals surface area contributed by atoms with Crippen molar-refractivity contribution in [2.24, 2.45) is 17.8 Å². The number of nitrogens with one attached hydrogen (secondary N) is 2. The van der Waals surface area contributed by atoms with Crippen molar-refractivity contribution < 1.29 is 4.79 Å². The van der Waals surface area contributed by atoms with Gasteiger partial charge in [0, 0.05) is 18.5 Å². The Labute approximate surface area is 140 Å². The number of amides is 1. The minimum atomic E-state index is 0. The molecule has 4 heteroatoms. The summed E-state index contributed by atoms with van der Waals surface area (Å²) >= 11 is 0. The third-order valence-electron chi connectivity index (χ3n) is 4.60. The Bertz CT molecular complexity index is 450. The third-order valence-corrected chi connectivity index (χ3v) is 4.60. The zero-order valence-corrected chi connectivity index (χ0v) is 14.7. The maximum atomic E-state index is 12.7. The van der Waals surface area contributed by atoms with E-state index in [0.29, 0.717) is 11.8 Å². The van der Waals surface area contributed by atoms with Crippen LogP contribution in [0.4, 0.5) is 0 Å². The molecule has 1 saturated heterocycles. The molecule has 1 aliphatic heterocycles. The maximum absolute atomic E-state index is 12.7. The molecule has 1 fully saturated rings. The van der Waals surface area contributed by atoms with Gasteiger partial charge in [-0.1, -0.05) is 51.1 Å². The van der Waals surface area contributed by atoms with Crippen LogP contribution in [0.1, 0.15) is 32.8 Å². The van der Waals surface area contributed by atoms with E-state index in [2.05, 4.69) is 43.5 Å². The van der Waals surface area contributed by atoms with Crippen LogP contribution in [0.5, 0.6) is 0 Å². The number of carbonyl (C=O) groups is 1. The van der Waals surface area contributed by atoms with Crippen LogP contribution in [0.15, 0.2) is 30.3 Å². The van der Waals surface area contributed by atoms with Gasteiger partial charge in [0.2, 0.25) is 5.91 Å². The van der Waals surface area contributed by atoms with Gasteiger partial charge < -0.3 is 10.6 Å². The molecule has 1 aromatic carbocycles.